The average Bonchev–Trinajstić information content (AvgIpc) is 2.32. The number of nitrogens with zero attached hydrogens (tertiary/aromatic N) is 1. The molecule has 5 heteroatoms. The zero-order chi connectivity index (χ0) is 12.4. The highest BCUT2D eigenvalue weighted by Gasteiger charge is 2.27. The van der Waals surface area contributed by atoms with Gasteiger partial charge in [-0.3, -0.25) is 9.59 Å². The summed E-state index contributed by atoms with van der Waals surface area (Å²) in [4.78, 5) is 27.6. The van der Waals surface area contributed by atoms with Gasteiger partial charge in [0.1, 0.15) is 0 Å². The second kappa shape index (κ2) is 4.71. The minimum absolute atomic E-state index is 0.0258. The number of pyridine rings is 1. The predicted octanol–water partition coefficient (Wildman–Crippen LogP) is 0.197. The molecule has 0 aromatic carbocycles. The van der Waals surface area contributed by atoms with E-state index in [0.717, 1.165) is 6.54 Å². The molecule has 1 aliphatic heterocycles. The van der Waals surface area contributed by atoms with E-state index in [1.165, 1.54) is 12.3 Å². The van der Waals surface area contributed by atoms with Crippen LogP contribution in [0.15, 0.2) is 23.1 Å². The number of rotatable bonds is 1. The Bertz CT molecular complexity index is 449. The van der Waals surface area contributed by atoms with Gasteiger partial charge in [-0.25, -0.2) is 0 Å². The maximum Gasteiger partial charge on any atom is 0.255 e. The van der Waals surface area contributed by atoms with Crippen molar-refractivity contribution in [2.75, 3.05) is 13.1 Å². The molecule has 0 saturated carbocycles. The Balaban J connectivity index is 2.18. The topological polar surface area (TPSA) is 65.2 Å². The Morgan fingerprint density at radius 3 is 2.82 bits per heavy atom. The molecule has 1 fully saturated rings. The van der Waals surface area contributed by atoms with E-state index in [2.05, 4.69) is 17.2 Å². The van der Waals surface area contributed by atoms with Crippen molar-refractivity contribution in [3.8, 4) is 0 Å². The molecule has 0 aliphatic carbocycles. The maximum absolute atomic E-state index is 12.2. The quantitative estimate of drug-likeness (QED) is 0.730. The fraction of sp³-hybridized carbons (Fsp3) is 0.500. The van der Waals surface area contributed by atoms with Crippen LogP contribution in [0.2, 0.25) is 0 Å². The van der Waals surface area contributed by atoms with Crippen molar-refractivity contribution >= 4 is 5.91 Å². The van der Waals surface area contributed by atoms with Crippen molar-refractivity contribution in [2.45, 2.75) is 25.9 Å². The summed E-state index contributed by atoms with van der Waals surface area (Å²) >= 11 is 0. The smallest absolute Gasteiger partial charge is 0.255 e. The number of carbonyl (C=O) groups is 1. The first kappa shape index (κ1) is 11.9. The van der Waals surface area contributed by atoms with Gasteiger partial charge in [0.2, 0.25) is 5.56 Å². The summed E-state index contributed by atoms with van der Waals surface area (Å²) in [6.07, 6.45) is 1.48. The lowest BCUT2D eigenvalue weighted by atomic mass is 10.1. The number of nitrogens with one attached hydrogen (secondary N) is 2. The zero-order valence-electron chi connectivity index (χ0n) is 10.1. The molecule has 2 atom stereocenters. The monoisotopic (exact) mass is 235 g/mol. The lowest BCUT2D eigenvalue weighted by molar-refractivity contribution is 0.0616. The molecular weight excluding hydrogens is 218 g/mol. The van der Waals surface area contributed by atoms with Crippen molar-refractivity contribution in [1.29, 1.82) is 0 Å². The Kier molecular flexibility index (Phi) is 3.28. The Morgan fingerprint density at radius 2 is 2.18 bits per heavy atom. The average molecular weight is 235 g/mol. The van der Waals surface area contributed by atoms with Crippen LogP contribution in [0.4, 0.5) is 0 Å². The van der Waals surface area contributed by atoms with Crippen LogP contribution in [0.25, 0.3) is 0 Å². The summed E-state index contributed by atoms with van der Waals surface area (Å²) < 4.78 is 0. The van der Waals surface area contributed by atoms with E-state index in [1.807, 2.05) is 11.8 Å². The first-order valence-corrected chi connectivity index (χ1v) is 5.81. The van der Waals surface area contributed by atoms with E-state index in [1.54, 1.807) is 6.07 Å². The van der Waals surface area contributed by atoms with Gasteiger partial charge in [0.25, 0.3) is 5.91 Å². The fourth-order valence-corrected chi connectivity index (χ4v) is 2.01. The summed E-state index contributed by atoms with van der Waals surface area (Å²) in [5, 5.41) is 3.33. The molecule has 2 rings (SSSR count). The summed E-state index contributed by atoms with van der Waals surface area (Å²) in [5.74, 6) is -0.0258. The highest BCUT2D eigenvalue weighted by Crippen LogP contribution is 2.11. The number of piperazine rings is 1. The van der Waals surface area contributed by atoms with Crippen molar-refractivity contribution in [2.24, 2.45) is 0 Å². The van der Waals surface area contributed by atoms with Crippen molar-refractivity contribution in [3.05, 3.63) is 34.2 Å². The summed E-state index contributed by atoms with van der Waals surface area (Å²) in [6, 6.07) is 3.42. The molecule has 2 heterocycles. The van der Waals surface area contributed by atoms with Crippen LogP contribution in [-0.4, -0.2) is 41.0 Å². The van der Waals surface area contributed by atoms with E-state index < -0.39 is 0 Å². The second-order valence-corrected chi connectivity index (χ2v) is 4.56. The molecule has 1 aliphatic rings. The van der Waals surface area contributed by atoms with E-state index >= 15 is 0 Å². The van der Waals surface area contributed by atoms with Crippen LogP contribution in [0.1, 0.15) is 24.2 Å². The molecule has 17 heavy (non-hydrogen) atoms. The van der Waals surface area contributed by atoms with E-state index in [4.69, 9.17) is 0 Å². The normalized spacial score (nSPS) is 24.7. The molecule has 0 bridgehead atoms. The van der Waals surface area contributed by atoms with Gasteiger partial charge in [-0.1, -0.05) is 0 Å². The molecule has 1 saturated heterocycles. The number of H-pyrrole nitrogens is 1. The molecule has 0 spiro atoms. The highest BCUT2D eigenvalue weighted by molar-refractivity contribution is 5.94. The Labute approximate surface area is 99.8 Å². The number of amides is 1. The maximum atomic E-state index is 12.2. The number of carbonyl (C=O) groups excluding carboxylic acids is 1. The van der Waals surface area contributed by atoms with Crippen LogP contribution in [0.5, 0.6) is 0 Å². The van der Waals surface area contributed by atoms with Gasteiger partial charge < -0.3 is 15.2 Å². The van der Waals surface area contributed by atoms with Crippen molar-refractivity contribution < 1.29 is 4.79 Å². The summed E-state index contributed by atoms with van der Waals surface area (Å²) in [6.45, 7) is 5.57. The van der Waals surface area contributed by atoms with E-state index in [0.29, 0.717) is 18.2 Å². The highest BCUT2D eigenvalue weighted by atomic mass is 16.2. The Hall–Kier alpha value is -1.62. The molecule has 2 unspecified atom stereocenters. The van der Waals surface area contributed by atoms with E-state index in [9.17, 15) is 9.59 Å². The van der Waals surface area contributed by atoms with Crippen LogP contribution >= 0.6 is 0 Å². The first-order valence-electron chi connectivity index (χ1n) is 5.81. The third-order valence-electron chi connectivity index (χ3n) is 3.06. The van der Waals surface area contributed by atoms with Gasteiger partial charge >= 0.3 is 0 Å². The van der Waals surface area contributed by atoms with Gasteiger partial charge in [-0.05, 0) is 19.9 Å². The largest absolute Gasteiger partial charge is 0.333 e. The number of aromatic amines is 1. The second-order valence-electron chi connectivity index (χ2n) is 4.56. The van der Waals surface area contributed by atoms with Gasteiger partial charge in [0, 0.05) is 37.4 Å². The van der Waals surface area contributed by atoms with Crippen molar-refractivity contribution in [3.63, 3.8) is 0 Å². The summed E-state index contributed by atoms with van der Waals surface area (Å²) in [7, 11) is 0. The minimum Gasteiger partial charge on any atom is -0.333 e. The number of hydrogen-bond acceptors (Lipinski definition) is 3. The Morgan fingerprint density at radius 1 is 1.41 bits per heavy atom. The molecular formula is C12H17N3O2. The lowest BCUT2D eigenvalue weighted by Crippen LogP contribution is -2.56. The summed E-state index contributed by atoms with van der Waals surface area (Å²) in [5.41, 5.74) is 0.342. The van der Waals surface area contributed by atoms with Crippen LogP contribution in [-0.2, 0) is 0 Å². The zero-order valence-corrected chi connectivity index (χ0v) is 10.1. The predicted molar refractivity (Wildman–Crippen MR) is 65.0 cm³/mol. The molecule has 92 valence electrons. The van der Waals surface area contributed by atoms with Gasteiger partial charge in [-0.15, -0.1) is 0 Å². The first-order chi connectivity index (χ1) is 8.08. The van der Waals surface area contributed by atoms with Crippen LogP contribution in [0.3, 0.4) is 0 Å². The molecule has 0 radical (unpaired) electrons. The standard InChI is InChI=1S/C12H17N3O2/c1-8-7-15(9(2)5-13-8)12(17)10-3-4-11(16)14-6-10/h3-4,6,8-9,13H,5,7H2,1-2H3,(H,14,16). The molecule has 2 N–H and O–H groups in total. The number of hydrogen-bond donors (Lipinski definition) is 2. The molecule has 1 amide bonds. The molecule has 1 aromatic rings. The number of aromatic nitrogens is 1. The molecule has 1 aromatic heterocycles. The van der Waals surface area contributed by atoms with Crippen LogP contribution < -0.4 is 10.9 Å². The lowest BCUT2D eigenvalue weighted by Gasteiger charge is -2.37. The SMILES string of the molecule is CC1CN(C(=O)c2ccc(=O)[nH]c2)C(C)CN1. The third-order valence-corrected chi connectivity index (χ3v) is 3.06. The van der Waals surface area contributed by atoms with Gasteiger partial charge in [0.05, 0.1) is 5.56 Å². The van der Waals surface area contributed by atoms with E-state index in [-0.39, 0.29) is 17.5 Å². The van der Waals surface area contributed by atoms with Gasteiger partial charge in [-0.2, -0.15) is 0 Å². The third kappa shape index (κ3) is 2.55. The van der Waals surface area contributed by atoms with Crippen molar-refractivity contribution in [1.82, 2.24) is 15.2 Å². The fourth-order valence-electron chi connectivity index (χ4n) is 2.01. The minimum atomic E-state index is -0.191. The van der Waals surface area contributed by atoms with Crippen LogP contribution in [0, 0.1) is 0 Å². The van der Waals surface area contributed by atoms with Gasteiger partial charge in [0.15, 0.2) is 0 Å². The molecule has 5 nitrogen and oxygen atoms in total.